The summed E-state index contributed by atoms with van der Waals surface area (Å²) < 4.78 is 16.0. The molecule has 0 bridgehead atoms. The van der Waals surface area contributed by atoms with Gasteiger partial charge < -0.3 is 19.5 Å². The van der Waals surface area contributed by atoms with Crippen molar-refractivity contribution in [1.29, 1.82) is 0 Å². The maximum atomic E-state index is 12.2. The Morgan fingerprint density at radius 1 is 1.11 bits per heavy atom. The van der Waals surface area contributed by atoms with Crippen LogP contribution in [0.3, 0.4) is 0 Å². The number of methoxy groups -OCH3 is 1. The molecule has 7 heteroatoms. The average molecular weight is 406 g/mol. The molecule has 0 heterocycles. The van der Waals surface area contributed by atoms with Crippen molar-refractivity contribution in [2.75, 3.05) is 25.6 Å². The van der Waals surface area contributed by atoms with E-state index in [-0.39, 0.29) is 5.56 Å². The van der Waals surface area contributed by atoms with Gasteiger partial charge in [0.15, 0.2) is 18.1 Å². The highest BCUT2D eigenvalue weighted by Crippen LogP contribution is 2.28. The minimum Gasteiger partial charge on any atom is -0.493 e. The fourth-order valence-electron chi connectivity index (χ4n) is 2.34. The summed E-state index contributed by atoms with van der Waals surface area (Å²) in [5, 5.41) is 3.26. The number of anilines is 1. The van der Waals surface area contributed by atoms with Gasteiger partial charge in [0.1, 0.15) is 0 Å². The van der Waals surface area contributed by atoms with Gasteiger partial charge in [0.05, 0.1) is 19.3 Å². The monoisotopic (exact) mass is 405 g/mol. The van der Waals surface area contributed by atoms with Gasteiger partial charge in [0, 0.05) is 10.7 Å². The molecule has 1 N–H and O–H groups in total. The zero-order chi connectivity index (χ0) is 20.7. The molecule has 0 aliphatic carbocycles. The van der Waals surface area contributed by atoms with Crippen molar-refractivity contribution >= 4 is 29.2 Å². The van der Waals surface area contributed by atoms with Crippen LogP contribution in [0.1, 0.15) is 29.8 Å². The molecule has 2 aromatic carbocycles. The molecule has 2 rings (SSSR count). The summed E-state index contributed by atoms with van der Waals surface area (Å²) in [6, 6.07) is 9.85. The van der Waals surface area contributed by atoms with E-state index in [1.165, 1.54) is 13.2 Å². The van der Waals surface area contributed by atoms with E-state index >= 15 is 0 Å². The van der Waals surface area contributed by atoms with E-state index in [1.54, 1.807) is 30.3 Å². The first kappa shape index (κ1) is 21.6. The first-order chi connectivity index (χ1) is 13.3. The van der Waals surface area contributed by atoms with Crippen LogP contribution < -0.4 is 14.8 Å². The summed E-state index contributed by atoms with van der Waals surface area (Å²) in [6.45, 7) is 6.02. The predicted molar refractivity (Wildman–Crippen MR) is 108 cm³/mol. The zero-order valence-electron chi connectivity index (χ0n) is 16.4. The number of esters is 1. The molecule has 0 atom stereocenters. The Bertz CT molecular complexity index is 851. The molecule has 0 aromatic heterocycles. The van der Waals surface area contributed by atoms with Gasteiger partial charge in [-0.1, -0.05) is 25.4 Å². The maximum Gasteiger partial charge on any atom is 0.338 e. The molecule has 0 saturated carbocycles. The van der Waals surface area contributed by atoms with Crippen molar-refractivity contribution in [3.05, 3.63) is 52.5 Å². The molecule has 0 radical (unpaired) electrons. The number of aryl methyl sites for hydroxylation is 1. The topological polar surface area (TPSA) is 73.9 Å². The lowest BCUT2D eigenvalue weighted by Gasteiger charge is -2.13. The van der Waals surface area contributed by atoms with Crippen LogP contribution in [0.5, 0.6) is 11.5 Å². The van der Waals surface area contributed by atoms with Crippen LogP contribution in [0.2, 0.25) is 5.02 Å². The summed E-state index contributed by atoms with van der Waals surface area (Å²) in [5.74, 6) is 0.261. The average Bonchev–Trinajstić information content (AvgIpc) is 2.66. The van der Waals surface area contributed by atoms with E-state index in [4.69, 9.17) is 25.8 Å². The lowest BCUT2D eigenvalue weighted by atomic mass is 10.2. The molecule has 2 aromatic rings. The second-order valence-electron chi connectivity index (χ2n) is 6.65. The summed E-state index contributed by atoms with van der Waals surface area (Å²) in [7, 11) is 1.49. The van der Waals surface area contributed by atoms with Crippen LogP contribution in [0.25, 0.3) is 0 Å². The summed E-state index contributed by atoms with van der Waals surface area (Å²) in [5.41, 5.74) is 1.69. The smallest absolute Gasteiger partial charge is 0.338 e. The van der Waals surface area contributed by atoms with Crippen LogP contribution in [0, 0.1) is 12.8 Å². The largest absolute Gasteiger partial charge is 0.493 e. The Balaban J connectivity index is 1.95. The highest BCUT2D eigenvalue weighted by Gasteiger charge is 2.15. The highest BCUT2D eigenvalue weighted by atomic mass is 35.5. The number of hydrogen-bond acceptors (Lipinski definition) is 5. The Kier molecular flexibility index (Phi) is 7.70. The van der Waals surface area contributed by atoms with Gasteiger partial charge >= 0.3 is 5.97 Å². The molecule has 150 valence electrons. The number of benzene rings is 2. The van der Waals surface area contributed by atoms with Crippen molar-refractivity contribution in [2.45, 2.75) is 20.8 Å². The fraction of sp³-hybridized carbons (Fsp3) is 0.333. The molecule has 28 heavy (non-hydrogen) atoms. The minimum atomic E-state index is -0.628. The van der Waals surface area contributed by atoms with Crippen LogP contribution in [0.15, 0.2) is 36.4 Å². The normalized spacial score (nSPS) is 10.5. The van der Waals surface area contributed by atoms with E-state index in [9.17, 15) is 9.59 Å². The van der Waals surface area contributed by atoms with Crippen LogP contribution in [0.4, 0.5) is 5.69 Å². The number of carbonyl (C=O) groups is 2. The van der Waals surface area contributed by atoms with Crippen molar-refractivity contribution in [3.63, 3.8) is 0 Å². The minimum absolute atomic E-state index is 0.268. The summed E-state index contributed by atoms with van der Waals surface area (Å²) in [6.07, 6.45) is 0. The van der Waals surface area contributed by atoms with Crippen LogP contribution >= 0.6 is 11.6 Å². The lowest BCUT2D eigenvalue weighted by Crippen LogP contribution is -2.21. The van der Waals surface area contributed by atoms with Gasteiger partial charge in [-0.3, -0.25) is 4.79 Å². The molecule has 0 aliphatic rings. The van der Waals surface area contributed by atoms with E-state index in [0.29, 0.717) is 34.7 Å². The summed E-state index contributed by atoms with van der Waals surface area (Å²) in [4.78, 5) is 24.3. The number of ether oxygens (including phenoxy) is 3. The third-order valence-corrected chi connectivity index (χ3v) is 4.00. The van der Waals surface area contributed by atoms with Gasteiger partial charge in [0.25, 0.3) is 5.91 Å². The zero-order valence-corrected chi connectivity index (χ0v) is 17.1. The van der Waals surface area contributed by atoms with Crippen LogP contribution in [-0.4, -0.2) is 32.2 Å². The third kappa shape index (κ3) is 6.16. The lowest BCUT2D eigenvalue weighted by molar-refractivity contribution is -0.119. The Hall–Kier alpha value is -2.73. The van der Waals surface area contributed by atoms with Gasteiger partial charge in [-0.05, 0) is 54.8 Å². The second kappa shape index (κ2) is 9.99. The van der Waals surface area contributed by atoms with Crippen molar-refractivity contribution in [2.24, 2.45) is 5.92 Å². The van der Waals surface area contributed by atoms with Crippen molar-refractivity contribution in [1.82, 2.24) is 0 Å². The number of rotatable bonds is 8. The van der Waals surface area contributed by atoms with Gasteiger partial charge in [-0.15, -0.1) is 0 Å². The molecule has 0 fully saturated rings. The van der Waals surface area contributed by atoms with E-state index in [2.05, 4.69) is 5.32 Å². The number of amides is 1. The van der Waals surface area contributed by atoms with Crippen molar-refractivity contribution < 1.29 is 23.8 Å². The predicted octanol–water partition coefficient (Wildman–Crippen LogP) is 4.49. The van der Waals surface area contributed by atoms with E-state index < -0.39 is 18.5 Å². The first-order valence-electron chi connectivity index (χ1n) is 8.84. The van der Waals surface area contributed by atoms with Gasteiger partial charge in [0.2, 0.25) is 0 Å². The summed E-state index contributed by atoms with van der Waals surface area (Å²) >= 11 is 5.89. The molecular weight excluding hydrogens is 382 g/mol. The highest BCUT2D eigenvalue weighted by molar-refractivity contribution is 6.30. The van der Waals surface area contributed by atoms with Crippen LogP contribution in [-0.2, 0) is 9.53 Å². The standard InChI is InChI=1S/C21H24ClNO5/c1-13(2)11-27-18-8-5-15(10-19(18)26-4)21(25)28-12-20(24)23-17-7-6-16(22)9-14(17)3/h5-10,13H,11-12H2,1-4H3,(H,23,24). The van der Waals surface area contributed by atoms with E-state index in [1.807, 2.05) is 20.8 Å². The third-order valence-electron chi connectivity index (χ3n) is 3.77. The SMILES string of the molecule is COc1cc(C(=O)OCC(=O)Nc2ccc(Cl)cc2C)ccc1OCC(C)C. The van der Waals surface area contributed by atoms with Gasteiger partial charge in [-0.25, -0.2) is 4.79 Å². The molecule has 6 nitrogen and oxygen atoms in total. The molecular formula is C21H24ClNO5. The van der Waals surface area contributed by atoms with Gasteiger partial charge in [-0.2, -0.15) is 0 Å². The number of nitrogens with one attached hydrogen (secondary N) is 1. The quantitative estimate of drug-likeness (QED) is 0.655. The van der Waals surface area contributed by atoms with E-state index in [0.717, 1.165) is 5.56 Å². The fourth-order valence-corrected chi connectivity index (χ4v) is 2.56. The number of halogens is 1. The maximum absolute atomic E-state index is 12.2. The Labute approximate surface area is 169 Å². The molecule has 0 unspecified atom stereocenters. The van der Waals surface area contributed by atoms with Crippen molar-refractivity contribution in [3.8, 4) is 11.5 Å². The molecule has 0 saturated heterocycles. The first-order valence-corrected chi connectivity index (χ1v) is 9.22. The molecule has 1 amide bonds. The Morgan fingerprint density at radius 2 is 1.86 bits per heavy atom. The molecule has 0 spiro atoms. The Morgan fingerprint density at radius 3 is 2.50 bits per heavy atom. The number of hydrogen-bond donors (Lipinski definition) is 1. The number of carbonyl (C=O) groups excluding carboxylic acids is 2. The molecule has 0 aliphatic heterocycles. The second-order valence-corrected chi connectivity index (χ2v) is 7.09.